The zero-order valence-corrected chi connectivity index (χ0v) is 11.2. The van der Waals surface area contributed by atoms with Crippen LogP contribution in [0.2, 0.25) is 0 Å². The van der Waals surface area contributed by atoms with Crippen molar-refractivity contribution >= 4 is 17.6 Å². The van der Waals surface area contributed by atoms with Crippen molar-refractivity contribution in [1.29, 1.82) is 0 Å². The molecule has 0 atom stereocenters. The van der Waals surface area contributed by atoms with Gasteiger partial charge in [0.15, 0.2) is 0 Å². The Morgan fingerprint density at radius 2 is 2.00 bits per heavy atom. The van der Waals surface area contributed by atoms with Gasteiger partial charge in [0, 0.05) is 31.9 Å². The van der Waals surface area contributed by atoms with Gasteiger partial charge in [0.05, 0.1) is 0 Å². The van der Waals surface area contributed by atoms with E-state index < -0.39 is 11.8 Å². The predicted molar refractivity (Wildman–Crippen MR) is 70.9 cm³/mol. The highest BCUT2D eigenvalue weighted by molar-refractivity contribution is 6.35. The van der Waals surface area contributed by atoms with Gasteiger partial charge in [-0.2, -0.15) is 0 Å². The fraction of sp³-hybridized carbons (Fsp3) is 0.462. The smallest absolute Gasteiger partial charge is 0.312 e. The highest BCUT2D eigenvalue weighted by Gasteiger charge is 2.33. The molecule has 2 heterocycles. The third-order valence-electron chi connectivity index (χ3n) is 3.19. The van der Waals surface area contributed by atoms with Crippen molar-refractivity contribution in [3.8, 4) is 0 Å². The lowest BCUT2D eigenvalue weighted by molar-refractivity contribution is -0.157. The van der Waals surface area contributed by atoms with Gasteiger partial charge in [-0.3, -0.25) is 9.59 Å². The lowest BCUT2D eigenvalue weighted by Crippen LogP contribution is -2.55. The van der Waals surface area contributed by atoms with Crippen LogP contribution in [-0.2, 0) is 16.1 Å². The van der Waals surface area contributed by atoms with Crippen LogP contribution in [-0.4, -0.2) is 45.7 Å². The van der Waals surface area contributed by atoms with Crippen LogP contribution >= 0.6 is 0 Å². The SMILES string of the molecule is CC(C)N1CCN(Cc2ccc(N)nc2)C(=O)C1=O. The van der Waals surface area contributed by atoms with E-state index >= 15 is 0 Å². The van der Waals surface area contributed by atoms with Gasteiger partial charge in [-0.05, 0) is 25.5 Å². The standard InChI is InChI=1S/C13H18N4O2/c1-9(2)17-6-5-16(12(18)13(17)19)8-10-3-4-11(14)15-7-10/h3-4,7,9H,5-6,8H2,1-2H3,(H2,14,15). The van der Waals surface area contributed by atoms with Crippen LogP contribution in [0, 0.1) is 0 Å². The first kappa shape index (κ1) is 13.3. The number of nitrogens with two attached hydrogens (primary N) is 1. The number of hydrogen-bond acceptors (Lipinski definition) is 4. The van der Waals surface area contributed by atoms with Gasteiger partial charge in [0.1, 0.15) is 5.82 Å². The first-order valence-electron chi connectivity index (χ1n) is 6.29. The number of rotatable bonds is 3. The third-order valence-corrected chi connectivity index (χ3v) is 3.19. The third kappa shape index (κ3) is 2.83. The molecule has 2 N–H and O–H groups in total. The number of aromatic nitrogens is 1. The highest BCUT2D eigenvalue weighted by Crippen LogP contribution is 2.12. The summed E-state index contributed by atoms with van der Waals surface area (Å²) in [4.78, 5) is 31.0. The maximum absolute atomic E-state index is 12.0. The Balaban J connectivity index is 2.05. The summed E-state index contributed by atoms with van der Waals surface area (Å²) in [6, 6.07) is 3.55. The molecule has 0 spiro atoms. The molecule has 2 rings (SSSR count). The maximum atomic E-state index is 12.0. The molecular weight excluding hydrogens is 244 g/mol. The minimum absolute atomic E-state index is 0.0526. The van der Waals surface area contributed by atoms with Crippen molar-refractivity contribution in [2.45, 2.75) is 26.4 Å². The van der Waals surface area contributed by atoms with Crippen molar-refractivity contribution in [3.63, 3.8) is 0 Å². The Morgan fingerprint density at radius 3 is 2.58 bits per heavy atom. The number of carbonyl (C=O) groups excluding carboxylic acids is 2. The second-order valence-corrected chi connectivity index (χ2v) is 4.91. The molecule has 1 aromatic heterocycles. The molecule has 1 fully saturated rings. The van der Waals surface area contributed by atoms with Crippen molar-refractivity contribution in [2.75, 3.05) is 18.8 Å². The van der Waals surface area contributed by atoms with Crippen LogP contribution in [0.3, 0.4) is 0 Å². The van der Waals surface area contributed by atoms with Crippen LogP contribution < -0.4 is 5.73 Å². The van der Waals surface area contributed by atoms with Crippen LogP contribution in [0.25, 0.3) is 0 Å². The van der Waals surface area contributed by atoms with E-state index in [0.29, 0.717) is 25.5 Å². The van der Waals surface area contributed by atoms with Crippen molar-refractivity contribution in [2.24, 2.45) is 0 Å². The molecule has 6 heteroatoms. The summed E-state index contributed by atoms with van der Waals surface area (Å²) in [5.74, 6) is -0.433. The summed E-state index contributed by atoms with van der Waals surface area (Å²) >= 11 is 0. The first-order valence-corrected chi connectivity index (χ1v) is 6.29. The van der Waals surface area contributed by atoms with Gasteiger partial charge in [0.2, 0.25) is 0 Å². The molecule has 102 valence electrons. The normalized spacial score (nSPS) is 16.4. The fourth-order valence-electron chi connectivity index (χ4n) is 2.08. The Bertz CT molecular complexity index is 484. The van der Waals surface area contributed by atoms with Crippen LogP contribution in [0.1, 0.15) is 19.4 Å². The van der Waals surface area contributed by atoms with Gasteiger partial charge in [0.25, 0.3) is 0 Å². The van der Waals surface area contributed by atoms with E-state index in [-0.39, 0.29) is 6.04 Å². The molecule has 0 radical (unpaired) electrons. The number of nitrogens with zero attached hydrogens (tertiary/aromatic N) is 3. The quantitative estimate of drug-likeness (QED) is 0.791. The Kier molecular flexibility index (Phi) is 3.69. The summed E-state index contributed by atoms with van der Waals surface area (Å²) in [5, 5.41) is 0. The molecule has 1 aromatic rings. The molecule has 0 aliphatic carbocycles. The number of carbonyl (C=O) groups is 2. The number of anilines is 1. The topological polar surface area (TPSA) is 79.5 Å². The first-order chi connectivity index (χ1) is 8.99. The number of pyridine rings is 1. The maximum Gasteiger partial charge on any atom is 0.312 e. The van der Waals surface area contributed by atoms with E-state index in [1.165, 1.54) is 0 Å². The highest BCUT2D eigenvalue weighted by atomic mass is 16.2. The Hall–Kier alpha value is -2.11. The Morgan fingerprint density at radius 1 is 1.26 bits per heavy atom. The van der Waals surface area contributed by atoms with Crippen molar-refractivity contribution in [3.05, 3.63) is 23.9 Å². The van der Waals surface area contributed by atoms with E-state index in [1.807, 2.05) is 19.9 Å². The van der Waals surface area contributed by atoms with Gasteiger partial charge in [-0.1, -0.05) is 6.07 Å². The Labute approximate surface area is 112 Å². The van der Waals surface area contributed by atoms with E-state index in [1.54, 1.807) is 22.1 Å². The van der Waals surface area contributed by atoms with Crippen molar-refractivity contribution in [1.82, 2.24) is 14.8 Å². The van der Waals surface area contributed by atoms with Crippen LogP contribution in [0.4, 0.5) is 5.82 Å². The molecule has 6 nitrogen and oxygen atoms in total. The number of nitrogen functional groups attached to an aromatic ring is 1. The zero-order valence-electron chi connectivity index (χ0n) is 11.2. The fourth-order valence-corrected chi connectivity index (χ4v) is 2.08. The van der Waals surface area contributed by atoms with E-state index in [2.05, 4.69) is 4.98 Å². The summed E-state index contributed by atoms with van der Waals surface area (Å²) in [7, 11) is 0. The summed E-state index contributed by atoms with van der Waals surface area (Å²) in [5.41, 5.74) is 6.38. The molecule has 2 amide bonds. The van der Waals surface area contributed by atoms with Crippen LogP contribution in [0.5, 0.6) is 0 Å². The molecular formula is C13H18N4O2. The summed E-state index contributed by atoms with van der Waals surface area (Å²) in [6.07, 6.45) is 1.63. The predicted octanol–water partition coefficient (Wildman–Crippen LogP) is 0.243. The summed E-state index contributed by atoms with van der Waals surface area (Å²) < 4.78 is 0. The largest absolute Gasteiger partial charge is 0.384 e. The molecule has 1 aliphatic rings. The minimum atomic E-state index is -0.447. The van der Waals surface area contributed by atoms with Gasteiger partial charge in [-0.25, -0.2) is 4.98 Å². The molecule has 0 saturated carbocycles. The molecule has 1 saturated heterocycles. The van der Waals surface area contributed by atoms with Gasteiger partial charge >= 0.3 is 11.8 Å². The lowest BCUT2D eigenvalue weighted by Gasteiger charge is -2.35. The molecule has 0 bridgehead atoms. The minimum Gasteiger partial charge on any atom is -0.384 e. The molecule has 1 aliphatic heterocycles. The van der Waals surface area contributed by atoms with Gasteiger partial charge < -0.3 is 15.5 Å². The number of hydrogen-bond donors (Lipinski definition) is 1. The molecule has 0 aromatic carbocycles. The number of amides is 2. The van der Waals surface area contributed by atoms with Gasteiger partial charge in [-0.15, -0.1) is 0 Å². The number of piperazine rings is 1. The summed E-state index contributed by atoms with van der Waals surface area (Å²) in [6.45, 7) is 5.33. The molecule has 0 unspecified atom stereocenters. The average molecular weight is 262 g/mol. The second-order valence-electron chi connectivity index (χ2n) is 4.91. The van der Waals surface area contributed by atoms with Crippen molar-refractivity contribution < 1.29 is 9.59 Å². The molecule has 19 heavy (non-hydrogen) atoms. The van der Waals surface area contributed by atoms with E-state index in [4.69, 9.17) is 5.73 Å². The second kappa shape index (κ2) is 5.26. The lowest BCUT2D eigenvalue weighted by atomic mass is 10.2. The van der Waals surface area contributed by atoms with E-state index in [0.717, 1.165) is 5.56 Å². The average Bonchev–Trinajstić information content (AvgIpc) is 2.37. The zero-order chi connectivity index (χ0) is 14.0. The monoisotopic (exact) mass is 262 g/mol. The van der Waals surface area contributed by atoms with Crippen LogP contribution in [0.15, 0.2) is 18.3 Å². The van der Waals surface area contributed by atoms with E-state index in [9.17, 15) is 9.59 Å².